The van der Waals surface area contributed by atoms with Crippen LogP contribution >= 0.6 is 0 Å². The standard InChI is InChI=1S/C28H37N3O3/c1-28(2,27(32)30-24-11-5-3-6-12-24)17-7-10-22-34-26-15-13-25(14-16-26)33-21-9-4-8-19-31-20-18-29-23-31/h3,5-6,11-16,18,20,23H,4,7-10,17,19,21-22H2,1-2H3,(H,30,32). The van der Waals surface area contributed by atoms with E-state index in [4.69, 9.17) is 9.47 Å². The lowest BCUT2D eigenvalue weighted by Crippen LogP contribution is -2.30. The van der Waals surface area contributed by atoms with E-state index in [1.165, 1.54) is 0 Å². The number of ether oxygens (including phenoxy) is 2. The first-order valence-electron chi connectivity index (χ1n) is 12.2. The molecule has 0 fully saturated rings. The fourth-order valence-corrected chi connectivity index (χ4v) is 3.61. The van der Waals surface area contributed by atoms with Gasteiger partial charge in [0.1, 0.15) is 11.5 Å². The van der Waals surface area contributed by atoms with E-state index in [2.05, 4.69) is 14.9 Å². The molecule has 6 heteroatoms. The highest BCUT2D eigenvalue weighted by molar-refractivity contribution is 5.94. The van der Waals surface area contributed by atoms with Crippen molar-refractivity contribution in [2.75, 3.05) is 18.5 Å². The number of carbonyl (C=O) groups is 1. The summed E-state index contributed by atoms with van der Waals surface area (Å²) in [5, 5.41) is 3.00. The summed E-state index contributed by atoms with van der Waals surface area (Å²) in [6.45, 7) is 6.34. The summed E-state index contributed by atoms with van der Waals surface area (Å²) >= 11 is 0. The van der Waals surface area contributed by atoms with Gasteiger partial charge in [-0.2, -0.15) is 0 Å². The van der Waals surface area contributed by atoms with Gasteiger partial charge in [0.2, 0.25) is 5.91 Å². The number of imidazole rings is 1. The molecule has 3 rings (SSSR count). The van der Waals surface area contributed by atoms with Crippen LogP contribution in [0.1, 0.15) is 52.4 Å². The first kappa shape index (κ1) is 25.3. The fourth-order valence-electron chi connectivity index (χ4n) is 3.61. The number of amides is 1. The Balaban J connectivity index is 1.24. The zero-order valence-electron chi connectivity index (χ0n) is 20.4. The molecule has 0 radical (unpaired) electrons. The number of anilines is 1. The van der Waals surface area contributed by atoms with Crippen LogP contribution in [-0.2, 0) is 11.3 Å². The Morgan fingerprint density at radius 1 is 0.882 bits per heavy atom. The van der Waals surface area contributed by atoms with Crippen molar-refractivity contribution in [3.8, 4) is 11.5 Å². The van der Waals surface area contributed by atoms with E-state index in [9.17, 15) is 4.79 Å². The molecule has 0 spiro atoms. The van der Waals surface area contributed by atoms with Gasteiger partial charge in [-0.05, 0) is 74.9 Å². The lowest BCUT2D eigenvalue weighted by Gasteiger charge is -2.23. The van der Waals surface area contributed by atoms with Gasteiger partial charge in [-0.1, -0.05) is 32.0 Å². The number of aromatic nitrogens is 2. The van der Waals surface area contributed by atoms with Crippen molar-refractivity contribution in [1.29, 1.82) is 0 Å². The maximum Gasteiger partial charge on any atom is 0.230 e. The van der Waals surface area contributed by atoms with Crippen LogP contribution in [0.3, 0.4) is 0 Å². The minimum absolute atomic E-state index is 0.0495. The predicted octanol–water partition coefficient (Wildman–Crippen LogP) is 6.35. The van der Waals surface area contributed by atoms with Crippen LogP contribution < -0.4 is 14.8 Å². The van der Waals surface area contributed by atoms with Crippen molar-refractivity contribution >= 4 is 11.6 Å². The third-order valence-corrected chi connectivity index (χ3v) is 5.82. The number of nitrogens with zero attached hydrogens (tertiary/aromatic N) is 2. The van der Waals surface area contributed by atoms with E-state index in [1.807, 2.05) is 87.2 Å². The number of para-hydroxylation sites is 1. The van der Waals surface area contributed by atoms with Gasteiger partial charge in [-0.3, -0.25) is 4.79 Å². The quantitative estimate of drug-likeness (QED) is 0.267. The van der Waals surface area contributed by atoms with Crippen molar-refractivity contribution < 1.29 is 14.3 Å². The van der Waals surface area contributed by atoms with Crippen LogP contribution in [0.25, 0.3) is 0 Å². The van der Waals surface area contributed by atoms with Crippen molar-refractivity contribution in [3.63, 3.8) is 0 Å². The van der Waals surface area contributed by atoms with Crippen molar-refractivity contribution in [1.82, 2.24) is 9.55 Å². The number of unbranched alkanes of at least 4 members (excludes halogenated alkanes) is 3. The van der Waals surface area contributed by atoms with Crippen LogP contribution in [0.4, 0.5) is 5.69 Å². The summed E-state index contributed by atoms with van der Waals surface area (Å²) in [6, 6.07) is 17.4. The average molecular weight is 464 g/mol. The molecular weight excluding hydrogens is 426 g/mol. The van der Waals surface area contributed by atoms with Gasteiger partial charge in [-0.15, -0.1) is 0 Å². The molecule has 1 heterocycles. The minimum Gasteiger partial charge on any atom is -0.494 e. The monoisotopic (exact) mass is 463 g/mol. The molecule has 1 N–H and O–H groups in total. The van der Waals surface area contributed by atoms with Gasteiger partial charge in [0, 0.05) is 30.0 Å². The largest absolute Gasteiger partial charge is 0.494 e. The molecule has 182 valence electrons. The highest BCUT2D eigenvalue weighted by Gasteiger charge is 2.26. The molecule has 0 aliphatic carbocycles. The van der Waals surface area contributed by atoms with Gasteiger partial charge in [-0.25, -0.2) is 4.98 Å². The van der Waals surface area contributed by atoms with Gasteiger partial charge in [0.05, 0.1) is 19.5 Å². The summed E-state index contributed by atoms with van der Waals surface area (Å²) in [6.07, 6.45) is 11.6. The Bertz CT molecular complexity index is 954. The van der Waals surface area contributed by atoms with E-state index in [0.717, 1.165) is 68.9 Å². The molecule has 0 aliphatic heterocycles. The number of rotatable bonds is 15. The Kier molecular flexibility index (Phi) is 10.0. The molecule has 1 amide bonds. The Morgan fingerprint density at radius 2 is 1.53 bits per heavy atom. The second-order valence-corrected chi connectivity index (χ2v) is 9.19. The smallest absolute Gasteiger partial charge is 0.230 e. The normalized spacial score (nSPS) is 11.2. The van der Waals surface area contributed by atoms with Gasteiger partial charge in [0.15, 0.2) is 0 Å². The molecule has 0 saturated carbocycles. The summed E-state index contributed by atoms with van der Waals surface area (Å²) in [4.78, 5) is 16.6. The minimum atomic E-state index is -0.422. The molecule has 0 aliphatic rings. The highest BCUT2D eigenvalue weighted by atomic mass is 16.5. The molecule has 0 saturated heterocycles. The van der Waals surface area contributed by atoms with Crippen LogP contribution in [0.2, 0.25) is 0 Å². The first-order chi connectivity index (χ1) is 16.5. The molecule has 6 nitrogen and oxygen atoms in total. The van der Waals surface area contributed by atoms with Gasteiger partial charge >= 0.3 is 0 Å². The SMILES string of the molecule is CC(C)(CCCCOc1ccc(OCCCCCn2ccnc2)cc1)C(=O)Nc1ccccc1. The average Bonchev–Trinajstić information content (AvgIpc) is 3.36. The van der Waals surface area contributed by atoms with E-state index < -0.39 is 5.41 Å². The Hall–Kier alpha value is -3.28. The van der Waals surface area contributed by atoms with Crippen molar-refractivity contribution in [2.45, 2.75) is 58.9 Å². The fraction of sp³-hybridized carbons (Fsp3) is 0.429. The highest BCUT2D eigenvalue weighted by Crippen LogP contribution is 2.26. The summed E-state index contributed by atoms with van der Waals surface area (Å²) in [5.41, 5.74) is 0.413. The zero-order valence-corrected chi connectivity index (χ0v) is 20.4. The number of carbonyl (C=O) groups excluding carboxylic acids is 1. The Labute approximate surface area is 203 Å². The topological polar surface area (TPSA) is 65.4 Å². The van der Waals surface area contributed by atoms with Gasteiger partial charge < -0.3 is 19.4 Å². The Morgan fingerprint density at radius 3 is 2.15 bits per heavy atom. The molecule has 0 bridgehead atoms. The lowest BCUT2D eigenvalue weighted by molar-refractivity contribution is -0.124. The van der Waals surface area contributed by atoms with Crippen LogP contribution in [-0.4, -0.2) is 28.7 Å². The molecule has 34 heavy (non-hydrogen) atoms. The van der Waals surface area contributed by atoms with Gasteiger partial charge in [0.25, 0.3) is 0 Å². The maximum absolute atomic E-state index is 12.6. The van der Waals surface area contributed by atoms with Crippen LogP contribution in [0.5, 0.6) is 11.5 Å². The van der Waals surface area contributed by atoms with E-state index in [0.29, 0.717) is 6.61 Å². The van der Waals surface area contributed by atoms with Crippen LogP contribution in [0, 0.1) is 5.41 Å². The maximum atomic E-state index is 12.6. The third-order valence-electron chi connectivity index (χ3n) is 5.82. The van der Waals surface area contributed by atoms with E-state index in [-0.39, 0.29) is 5.91 Å². The summed E-state index contributed by atoms with van der Waals surface area (Å²) in [7, 11) is 0. The first-order valence-corrected chi connectivity index (χ1v) is 12.2. The number of nitrogens with one attached hydrogen (secondary N) is 1. The van der Waals surface area contributed by atoms with Crippen molar-refractivity contribution in [2.24, 2.45) is 5.41 Å². The molecular formula is C28H37N3O3. The van der Waals surface area contributed by atoms with Crippen LogP contribution in [0.15, 0.2) is 73.3 Å². The molecule has 1 aromatic heterocycles. The van der Waals surface area contributed by atoms with E-state index >= 15 is 0 Å². The number of hydrogen-bond donors (Lipinski definition) is 1. The van der Waals surface area contributed by atoms with Crippen molar-refractivity contribution in [3.05, 3.63) is 73.3 Å². The number of benzene rings is 2. The number of hydrogen-bond acceptors (Lipinski definition) is 4. The van der Waals surface area contributed by atoms with E-state index in [1.54, 1.807) is 0 Å². The number of aryl methyl sites for hydroxylation is 1. The molecule has 2 aromatic carbocycles. The zero-order chi connectivity index (χ0) is 24.1. The second kappa shape index (κ2) is 13.4. The second-order valence-electron chi connectivity index (χ2n) is 9.19. The molecule has 0 atom stereocenters. The lowest BCUT2D eigenvalue weighted by atomic mass is 9.86. The molecule has 0 unspecified atom stereocenters. The third kappa shape index (κ3) is 8.93. The summed E-state index contributed by atoms with van der Waals surface area (Å²) < 4.78 is 13.8. The predicted molar refractivity (Wildman–Crippen MR) is 136 cm³/mol. The summed E-state index contributed by atoms with van der Waals surface area (Å²) in [5.74, 6) is 1.76. The molecule has 3 aromatic rings.